The van der Waals surface area contributed by atoms with Gasteiger partial charge in [-0.2, -0.15) is 0 Å². The molecule has 0 aliphatic carbocycles. The van der Waals surface area contributed by atoms with E-state index in [-0.39, 0.29) is 12.6 Å². The van der Waals surface area contributed by atoms with E-state index in [9.17, 15) is 0 Å². The summed E-state index contributed by atoms with van der Waals surface area (Å²) in [6.45, 7) is 4.92. The fraction of sp³-hybridized carbons (Fsp3) is 0.625. The number of aromatic nitrogens is 1. The van der Waals surface area contributed by atoms with Crippen molar-refractivity contribution >= 4 is 11.3 Å². The van der Waals surface area contributed by atoms with Gasteiger partial charge in [0.15, 0.2) is 0 Å². The molecule has 0 aromatic carbocycles. The van der Waals surface area contributed by atoms with Crippen LogP contribution in [0.15, 0.2) is 6.20 Å². The first-order valence-electron chi connectivity index (χ1n) is 3.98. The molecule has 3 nitrogen and oxygen atoms in total. The van der Waals surface area contributed by atoms with E-state index in [1.807, 2.05) is 20.0 Å². The van der Waals surface area contributed by atoms with Crippen LogP contribution in [-0.2, 0) is 6.54 Å². The zero-order valence-corrected chi connectivity index (χ0v) is 8.19. The number of hydrogen-bond acceptors (Lipinski definition) is 4. The van der Waals surface area contributed by atoms with Crippen LogP contribution in [0.1, 0.15) is 16.8 Å². The zero-order chi connectivity index (χ0) is 8.97. The van der Waals surface area contributed by atoms with E-state index in [1.54, 1.807) is 11.3 Å². The molecule has 0 bridgehead atoms. The number of aryl methyl sites for hydroxylation is 1. The first-order valence-corrected chi connectivity index (χ1v) is 4.79. The number of hydrogen-bond donors (Lipinski definition) is 2. The molecule has 0 aliphatic heterocycles. The van der Waals surface area contributed by atoms with Crippen LogP contribution in [0.25, 0.3) is 0 Å². The van der Waals surface area contributed by atoms with E-state index in [0.29, 0.717) is 0 Å². The van der Waals surface area contributed by atoms with E-state index < -0.39 is 0 Å². The van der Waals surface area contributed by atoms with Crippen LogP contribution < -0.4 is 5.32 Å². The summed E-state index contributed by atoms with van der Waals surface area (Å²) in [7, 11) is 0. The second kappa shape index (κ2) is 4.54. The van der Waals surface area contributed by atoms with Crippen LogP contribution in [0, 0.1) is 6.92 Å². The van der Waals surface area contributed by atoms with Crippen molar-refractivity contribution in [3.8, 4) is 0 Å². The molecule has 0 radical (unpaired) electrons. The molecule has 2 N–H and O–H groups in total. The Morgan fingerprint density at radius 1 is 1.75 bits per heavy atom. The summed E-state index contributed by atoms with van der Waals surface area (Å²) in [6.07, 6.45) is 1.87. The normalized spacial score (nSPS) is 13.2. The molecule has 0 aliphatic rings. The molecule has 0 amide bonds. The fourth-order valence-corrected chi connectivity index (χ4v) is 1.57. The molecular formula is C8H14N2OS. The summed E-state index contributed by atoms with van der Waals surface area (Å²) in [5.74, 6) is 0. The summed E-state index contributed by atoms with van der Waals surface area (Å²) in [5.41, 5.74) is 0. The molecule has 68 valence electrons. The average molecular weight is 186 g/mol. The van der Waals surface area contributed by atoms with Crippen molar-refractivity contribution in [2.24, 2.45) is 0 Å². The van der Waals surface area contributed by atoms with Gasteiger partial charge in [0.25, 0.3) is 0 Å². The van der Waals surface area contributed by atoms with Crippen molar-refractivity contribution in [3.63, 3.8) is 0 Å². The molecule has 4 heteroatoms. The summed E-state index contributed by atoms with van der Waals surface area (Å²) < 4.78 is 0. The van der Waals surface area contributed by atoms with Crippen LogP contribution in [0.4, 0.5) is 0 Å². The third-order valence-electron chi connectivity index (χ3n) is 1.57. The molecule has 1 rings (SSSR count). The van der Waals surface area contributed by atoms with Gasteiger partial charge in [0.1, 0.15) is 0 Å². The van der Waals surface area contributed by atoms with Gasteiger partial charge in [-0.3, -0.25) is 0 Å². The van der Waals surface area contributed by atoms with Gasteiger partial charge in [-0.15, -0.1) is 11.3 Å². The van der Waals surface area contributed by atoms with Gasteiger partial charge in [-0.05, 0) is 13.8 Å². The monoisotopic (exact) mass is 186 g/mol. The maximum Gasteiger partial charge on any atom is 0.0897 e. The number of rotatable bonds is 4. The molecular weight excluding hydrogens is 172 g/mol. The van der Waals surface area contributed by atoms with E-state index in [1.165, 1.54) is 4.88 Å². The summed E-state index contributed by atoms with van der Waals surface area (Å²) in [5, 5.41) is 13.0. The van der Waals surface area contributed by atoms with E-state index in [4.69, 9.17) is 5.11 Å². The quantitative estimate of drug-likeness (QED) is 0.735. The summed E-state index contributed by atoms with van der Waals surface area (Å²) >= 11 is 1.68. The molecule has 1 aromatic rings. The lowest BCUT2D eigenvalue weighted by Gasteiger charge is -2.08. The Morgan fingerprint density at radius 2 is 2.50 bits per heavy atom. The van der Waals surface area contributed by atoms with Crippen molar-refractivity contribution in [1.29, 1.82) is 0 Å². The minimum absolute atomic E-state index is 0.160. The maximum absolute atomic E-state index is 8.74. The Kier molecular flexibility index (Phi) is 3.65. The summed E-state index contributed by atoms with van der Waals surface area (Å²) in [4.78, 5) is 5.35. The zero-order valence-electron chi connectivity index (χ0n) is 7.37. The maximum atomic E-state index is 8.74. The number of nitrogens with zero attached hydrogens (tertiary/aromatic N) is 1. The second-order valence-corrected chi connectivity index (χ2v) is 4.13. The highest BCUT2D eigenvalue weighted by Gasteiger charge is 2.00. The Labute approximate surface area is 76.5 Å². The minimum Gasteiger partial charge on any atom is -0.395 e. The van der Waals surface area contributed by atoms with Crippen LogP contribution in [-0.4, -0.2) is 22.7 Å². The summed E-state index contributed by atoms with van der Waals surface area (Å²) in [6, 6.07) is 0.160. The molecule has 0 fully saturated rings. The molecule has 1 heterocycles. The van der Waals surface area contributed by atoms with Crippen LogP contribution in [0.5, 0.6) is 0 Å². The molecule has 0 saturated heterocycles. The molecule has 1 aromatic heterocycles. The third-order valence-corrected chi connectivity index (χ3v) is 2.48. The van der Waals surface area contributed by atoms with E-state index in [0.717, 1.165) is 11.6 Å². The SMILES string of the molecule is Cc1ncc(CN[C@@H](C)CO)s1. The van der Waals surface area contributed by atoms with Crippen LogP contribution >= 0.6 is 11.3 Å². The lowest BCUT2D eigenvalue weighted by atomic mass is 10.3. The van der Waals surface area contributed by atoms with Gasteiger partial charge in [-0.1, -0.05) is 0 Å². The van der Waals surface area contributed by atoms with Crippen molar-refractivity contribution < 1.29 is 5.11 Å². The molecule has 0 unspecified atom stereocenters. The van der Waals surface area contributed by atoms with Crippen LogP contribution in [0.3, 0.4) is 0 Å². The standard InChI is InChI=1S/C8H14N2OS/c1-6(5-11)9-3-8-4-10-7(2)12-8/h4,6,9,11H,3,5H2,1-2H3/t6-/m0/s1. The molecule has 0 spiro atoms. The van der Waals surface area contributed by atoms with Gasteiger partial charge in [0.2, 0.25) is 0 Å². The predicted molar refractivity (Wildman–Crippen MR) is 50.2 cm³/mol. The third kappa shape index (κ3) is 2.89. The number of nitrogens with one attached hydrogen (secondary N) is 1. The van der Waals surface area contributed by atoms with Crippen molar-refractivity contribution in [2.45, 2.75) is 26.4 Å². The van der Waals surface area contributed by atoms with Crippen molar-refractivity contribution in [1.82, 2.24) is 10.3 Å². The number of aliphatic hydroxyl groups is 1. The van der Waals surface area contributed by atoms with Crippen molar-refractivity contribution in [2.75, 3.05) is 6.61 Å². The first-order chi connectivity index (χ1) is 5.72. The van der Waals surface area contributed by atoms with Gasteiger partial charge in [0.05, 0.1) is 11.6 Å². The Morgan fingerprint density at radius 3 is 3.00 bits per heavy atom. The minimum atomic E-state index is 0.160. The largest absolute Gasteiger partial charge is 0.395 e. The fourth-order valence-electron chi connectivity index (χ4n) is 0.826. The van der Waals surface area contributed by atoms with Gasteiger partial charge >= 0.3 is 0 Å². The highest BCUT2D eigenvalue weighted by Crippen LogP contribution is 2.10. The van der Waals surface area contributed by atoms with E-state index in [2.05, 4.69) is 10.3 Å². The highest BCUT2D eigenvalue weighted by molar-refractivity contribution is 7.11. The smallest absolute Gasteiger partial charge is 0.0897 e. The van der Waals surface area contributed by atoms with Gasteiger partial charge < -0.3 is 10.4 Å². The Balaban J connectivity index is 2.33. The first kappa shape index (κ1) is 9.64. The molecule has 12 heavy (non-hydrogen) atoms. The topological polar surface area (TPSA) is 45.2 Å². The van der Waals surface area contributed by atoms with E-state index >= 15 is 0 Å². The van der Waals surface area contributed by atoms with Crippen LogP contribution in [0.2, 0.25) is 0 Å². The van der Waals surface area contributed by atoms with Gasteiger partial charge in [-0.25, -0.2) is 4.98 Å². The predicted octanol–water partition coefficient (Wildman–Crippen LogP) is 0.922. The number of thiazole rings is 1. The molecule has 1 atom stereocenters. The van der Waals surface area contributed by atoms with Crippen molar-refractivity contribution in [3.05, 3.63) is 16.1 Å². The Bertz CT molecular complexity index is 237. The van der Waals surface area contributed by atoms with Gasteiger partial charge in [0, 0.05) is 23.7 Å². The lowest BCUT2D eigenvalue weighted by molar-refractivity contribution is 0.251. The lowest BCUT2D eigenvalue weighted by Crippen LogP contribution is -2.28. The number of aliphatic hydroxyl groups excluding tert-OH is 1. The highest BCUT2D eigenvalue weighted by atomic mass is 32.1. The second-order valence-electron chi connectivity index (χ2n) is 2.81. The molecule has 0 saturated carbocycles. The average Bonchev–Trinajstić information content (AvgIpc) is 2.47. The Hall–Kier alpha value is -0.450.